The zero-order valence-electron chi connectivity index (χ0n) is 16.2. The Kier molecular flexibility index (Phi) is 6.31. The number of nitrogens with zero attached hydrogens (tertiary/aromatic N) is 2. The van der Waals surface area contributed by atoms with E-state index < -0.39 is 15.9 Å². The first-order valence-electron chi connectivity index (χ1n) is 8.73. The lowest BCUT2D eigenvalue weighted by Crippen LogP contribution is -2.22. The highest BCUT2D eigenvalue weighted by Gasteiger charge is 2.18. The van der Waals surface area contributed by atoms with Crippen LogP contribution in [0.5, 0.6) is 5.75 Å². The van der Waals surface area contributed by atoms with Gasteiger partial charge in [0.15, 0.2) is 0 Å². The van der Waals surface area contributed by atoms with E-state index in [2.05, 4.69) is 10.3 Å². The van der Waals surface area contributed by atoms with Crippen LogP contribution in [0.3, 0.4) is 0 Å². The van der Waals surface area contributed by atoms with Crippen LogP contribution in [0.15, 0.2) is 58.8 Å². The van der Waals surface area contributed by atoms with Crippen molar-refractivity contribution in [2.24, 2.45) is 0 Å². The third kappa shape index (κ3) is 5.20. The van der Waals surface area contributed by atoms with E-state index in [1.54, 1.807) is 17.5 Å². The molecule has 0 aliphatic heterocycles. The maximum Gasteiger partial charge on any atom is 0.275 e. The van der Waals surface area contributed by atoms with E-state index >= 15 is 0 Å². The van der Waals surface area contributed by atoms with Crippen LogP contribution in [0.2, 0.25) is 0 Å². The summed E-state index contributed by atoms with van der Waals surface area (Å²) in [7, 11) is -0.671. The Morgan fingerprint density at radius 3 is 2.59 bits per heavy atom. The molecule has 29 heavy (non-hydrogen) atoms. The van der Waals surface area contributed by atoms with Crippen LogP contribution < -0.4 is 10.1 Å². The lowest BCUT2D eigenvalue weighted by atomic mass is 10.2. The fraction of sp³-hybridized carbons (Fsp3) is 0.200. The molecule has 0 radical (unpaired) electrons. The lowest BCUT2D eigenvalue weighted by molar-refractivity contribution is 0.102. The Morgan fingerprint density at radius 1 is 1.17 bits per heavy atom. The highest BCUT2D eigenvalue weighted by Crippen LogP contribution is 2.20. The third-order valence-electron chi connectivity index (χ3n) is 4.04. The van der Waals surface area contributed by atoms with Gasteiger partial charge >= 0.3 is 0 Å². The molecule has 0 saturated heterocycles. The van der Waals surface area contributed by atoms with Gasteiger partial charge in [0.25, 0.3) is 5.91 Å². The number of carbonyl (C=O) groups excluding carboxylic acids is 1. The standard InChI is InChI=1S/C20H21N3O4S2/c1-14-7-9-16(10-8-14)27-12-19-22-18(13-28-19)20(24)21-15-5-4-6-17(11-15)29(25,26)23(2)3/h4-11,13H,12H2,1-3H3,(H,21,24). The van der Waals surface area contributed by atoms with Crippen molar-refractivity contribution < 1.29 is 17.9 Å². The number of sulfonamides is 1. The molecule has 0 saturated carbocycles. The van der Waals surface area contributed by atoms with E-state index in [1.165, 1.54) is 37.6 Å². The van der Waals surface area contributed by atoms with Gasteiger partial charge in [-0.05, 0) is 37.3 Å². The van der Waals surface area contributed by atoms with Crippen molar-refractivity contribution in [1.29, 1.82) is 0 Å². The summed E-state index contributed by atoms with van der Waals surface area (Å²) in [4.78, 5) is 16.9. The topological polar surface area (TPSA) is 88.6 Å². The monoisotopic (exact) mass is 431 g/mol. The Hall–Kier alpha value is -2.75. The number of nitrogens with one attached hydrogen (secondary N) is 1. The van der Waals surface area contributed by atoms with Crippen molar-refractivity contribution in [3.63, 3.8) is 0 Å². The Labute approximate surface area is 174 Å². The molecular weight excluding hydrogens is 410 g/mol. The molecular formula is C20H21N3O4S2. The summed E-state index contributed by atoms with van der Waals surface area (Å²) >= 11 is 1.32. The molecule has 3 aromatic rings. The third-order valence-corrected chi connectivity index (χ3v) is 6.67. The minimum absolute atomic E-state index is 0.103. The first-order valence-corrected chi connectivity index (χ1v) is 11.1. The van der Waals surface area contributed by atoms with E-state index in [-0.39, 0.29) is 17.2 Å². The van der Waals surface area contributed by atoms with Crippen molar-refractivity contribution >= 4 is 33.0 Å². The van der Waals surface area contributed by atoms with E-state index in [0.29, 0.717) is 10.7 Å². The van der Waals surface area contributed by atoms with Gasteiger partial charge < -0.3 is 10.1 Å². The number of rotatable bonds is 7. The minimum Gasteiger partial charge on any atom is -0.486 e. The molecule has 2 aromatic carbocycles. The summed E-state index contributed by atoms with van der Waals surface area (Å²) in [5.74, 6) is 0.318. The minimum atomic E-state index is -3.58. The molecule has 0 atom stereocenters. The Bertz CT molecular complexity index is 1110. The van der Waals surface area contributed by atoms with Crippen molar-refractivity contribution in [2.75, 3.05) is 19.4 Å². The molecule has 0 fully saturated rings. The van der Waals surface area contributed by atoms with Gasteiger partial charge in [0.05, 0.1) is 4.90 Å². The summed E-state index contributed by atoms with van der Waals surface area (Å²) in [5, 5.41) is 4.99. The van der Waals surface area contributed by atoms with Crippen LogP contribution >= 0.6 is 11.3 Å². The molecule has 1 amide bonds. The molecule has 152 valence electrons. The van der Waals surface area contributed by atoms with E-state index in [4.69, 9.17) is 4.74 Å². The van der Waals surface area contributed by atoms with Crippen molar-refractivity contribution in [3.8, 4) is 5.75 Å². The Balaban J connectivity index is 1.65. The fourth-order valence-electron chi connectivity index (χ4n) is 2.40. The van der Waals surface area contributed by atoms with Gasteiger partial charge in [-0.1, -0.05) is 23.8 Å². The number of aromatic nitrogens is 1. The predicted molar refractivity (Wildman–Crippen MR) is 113 cm³/mol. The first-order chi connectivity index (χ1) is 13.8. The highest BCUT2D eigenvalue weighted by molar-refractivity contribution is 7.89. The molecule has 0 bridgehead atoms. The first kappa shape index (κ1) is 21.0. The molecule has 0 aliphatic carbocycles. The van der Waals surface area contributed by atoms with Crippen LogP contribution in [0, 0.1) is 6.92 Å². The molecule has 1 heterocycles. The van der Waals surface area contributed by atoms with Gasteiger partial charge in [-0.3, -0.25) is 4.79 Å². The fourth-order valence-corrected chi connectivity index (χ4v) is 4.03. The molecule has 9 heteroatoms. The van der Waals surface area contributed by atoms with Crippen molar-refractivity contribution in [3.05, 3.63) is 70.2 Å². The second-order valence-electron chi connectivity index (χ2n) is 6.50. The van der Waals surface area contributed by atoms with Crippen molar-refractivity contribution in [1.82, 2.24) is 9.29 Å². The number of aryl methyl sites for hydroxylation is 1. The second-order valence-corrected chi connectivity index (χ2v) is 9.59. The highest BCUT2D eigenvalue weighted by atomic mass is 32.2. The number of hydrogen-bond donors (Lipinski definition) is 1. The molecule has 1 aromatic heterocycles. The number of benzene rings is 2. The van der Waals surface area contributed by atoms with E-state index in [9.17, 15) is 13.2 Å². The summed E-state index contributed by atoms with van der Waals surface area (Å²) in [6.45, 7) is 2.26. The number of hydrogen-bond acceptors (Lipinski definition) is 6. The molecule has 3 rings (SSSR count). The quantitative estimate of drug-likeness (QED) is 0.618. The number of ether oxygens (including phenoxy) is 1. The predicted octanol–water partition coefficient (Wildman–Crippen LogP) is 3.53. The van der Waals surface area contributed by atoms with Crippen molar-refractivity contribution in [2.45, 2.75) is 18.4 Å². The molecule has 0 unspecified atom stereocenters. The van der Waals surface area contributed by atoms with E-state index in [1.807, 2.05) is 31.2 Å². The van der Waals surface area contributed by atoms with Crippen LogP contribution in [-0.4, -0.2) is 37.7 Å². The van der Waals surface area contributed by atoms with E-state index in [0.717, 1.165) is 15.6 Å². The maximum atomic E-state index is 12.5. The van der Waals surface area contributed by atoms with Crippen LogP contribution in [0.4, 0.5) is 5.69 Å². The van der Waals surface area contributed by atoms with Gasteiger partial charge in [0.1, 0.15) is 23.1 Å². The van der Waals surface area contributed by atoms with Gasteiger partial charge in [-0.15, -0.1) is 11.3 Å². The van der Waals surface area contributed by atoms with Crippen LogP contribution in [0.25, 0.3) is 0 Å². The number of thiazole rings is 1. The number of amides is 1. The van der Waals surface area contributed by atoms with Gasteiger partial charge in [-0.25, -0.2) is 17.7 Å². The zero-order valence-corrected chi connectivity index (χ0v) is 17.9. The number of carbonyl (C=O) groups is 1. The van der Waals surface area contributed by atoms with Gasteiger partial charge in [0, 0.05) is 25.2 Å². The maximum absolute atomic E-state index is 12.5. The SMILES string of the molecule is Cc1ccc(OCc2nc(C(=O)Nc3cccc(S(=O)(=O)N(C)C)c3)cs2)cc1. The summed E-state index contributed by atoms with van der Waals surface area (Å²) in [5.41, 5.74) is 1.77. The van der Waals surface area contributed by atoms with Gasteiger partial charge in [0.2, 0.25) is 10.0 Å². The summed E-state index contributed by atoms with van der Waals surface area (Å²) in [6, 6.07) is 13.8. The lowest BCUT2D eigenvalue weighted by Gasteiger charge is -2.12. The Morgan fingerprint density at radius 2 is 1.90 bits per heavy atom. The molecule has 1 N–H and O–H groups in total. The average Bonchev–Trinajstić information content (AvgIpc) is 3.17. The van der Waals surface area contributed by atoms with Crippen LogP contribution in [0.1, 0.15) is 21.1 Å². The molecule has 0 aliphatic rings. The smallest absolute Gasteiger partial charge is 0.275 e. The summed E-state index contributed by atoms with van der Waals surface area (Å²) < 4.78 is 31.3. The second kappa shape index (κ2) is 8.73. The van der Waals surface area contributed by atoms with Gasteiger partial charge in [-0.2, -0.15) is 0 Å². The van der Waals surface area contributed by atoms with Crippen LogP contribution in [-0.2, 0) is 16.6 Å². The zero-order chi connectivity index (χ0) is 21.0. The molecule has 7 nitrogen and oxygen atoms in total. The largest absolute Gasteiger partial charge is 0.486 e. The summed E-state index contributed by atoms with van der Waals surface area (Å²) in [6.07, 6.45) is 0. The normalized spacial score (nSPS) is 11.4. The number of anilines is 1. The molecule has 0 spiro atoms. The average molecular weight is 432 g/mol.